The number of hydrogen-bond donors (Lipinski definition) is 1. The second-order valence-electron chi connectivity index (χ2n) is 5.93. The van der Waals surface area contributed by atoms with Gasteiger partial charge in [-0.2, -0.15) is 18.1 Å². The van der Waals surface area contributed by atoms with E-state index in [2.05, 4.69) is 10.4 Å². The van der Waals surface area contributed by atoms with Crippen molar-refractivity contribution in [1.29, 1.82) is 0 Å². The summed E-state index contributed by atoms with van der Waals surface area (Å²) in [6, 6.07) is 14.2. The van der Waals surface area contributed by atoms with Crippen molar-refractivity contribution in [1.82, 2.24) is 19.8 Å². The molecular weight excluding hydrogens is 388 g/mol. The fourth-order valence-corrected chi connectivity index (χ4v) is 3.09. The van der Waals surface area contributed by atoms with E-state index in [9.17, 15) is 17.8 Å². The Bertz CT molecular complexity index is 1100. The molecule has 0 aliphatic rings. The molecule has 1 aromatic heterocycles. The van der Waals surface area contributed by atoms with Crippen molar-refractivity contribution in [2.75, 3.05) is 12.8 Å². The summed E-state index contributed by atoms with van der Waals surface area (Å²) in [7, 11) is -1.07. The molecule has 0 saturated carbocycles. The van der Waals surface area contributed by atoms with Crippen molar-refractivity contribution in [3.8, 4) is 16.8 Å². The van der Waals surface area contributed by atoms with Crippen molar-refractivity contribution in [3.05, 3.63) is 70.7 Å². The van der Waals surface area contributed by atoms with E-state index in [1.165, 1.54) is 0 Å². The number of benzene rings is 2. The molecule has 28 heavy (non-hydrogen) atoms. The minimum absolute atomic E-state index is 0.378. The highest BCUT2D eigenvalue weighted by Gasteiger charge is 2.13. The van der Waals surface area contributed by atoms with Gasteiger partial charge in [0.25, 0.3) is 6.08 Å². The van der Waals surface area contributed by atoms with Crippen molar-refractivity contribution in [3.63, 3.8) is 0 Å². The quantitative estimate of drug-likeness (QED) is 0.676. The molecule has 1 atom stereocenters. The van der Waals surface area contributed by atoms with Gasteiger partial charge in [-0.05, 0) is 45.8 Å². The fourth-order valence-electron chi connectivity index (χ4n) is 2.57. The zero-order chi connectivity index (χ0) is 20.3. The van der Waals surface area contributed by atoms with Crippen LogP contribution in [0, 0.1) is 0 Å². The van der Waals surface area contributed by atoms with Crippen LogP contribution in [0.1, 0.15) is 0 Å². The average molecular weight is 405 g/mol. The van der Waals surface area contributed by atoms with Crippen LogP contribution >= 0.6 is 0 Å². The lowest BCUT2D eigenvalue weighted by molar-refractivity contribution is 0.400. The van der Waals surface area contributed by atoms with E-state index in [1.807, 2.05) is 18.2 Å². The maximum atomic E-state index is 12.8. The monoisotopic (exact) mass is 405 g/mol. The maximum absolute atomic E-state index is 12.8. The third kappa shape index (κ3) is 4.12. The van der Waals surface area contributed by atoms with Crippen LogP contribution in [-0.2, 0) is 17.3 Å². The molecule has 0 spiro atoms. The average Bonchev–Trinajstić information content (AvgIpc) is 3.06. The van der Waals surface area contributed by atoms with Gasteiger partial charge in [0.2, 0.25) is 0 Å². The molecule has 2 aromatic carbocycles. The molecule has 3 aromatic rings. The van der Waals surface area contributed by atoms with Crippen LogP contribution in [0.5, 0.6) is 0 Å². The Balaban J connectivity index is 1.94. The number of nitrogens with two attached hydrogens (primary N) is 1. The van der Waals surface area contributed by atoms with Gasteiger partial charge >= 0.3 is 5.69 Å². The molecule has 10 heteroatoms. The first-order valence-electron chi connectivity index (χ1n) is 8.21. The Morgan fingerprint density at radius 3 is 2.43 bits per heavy atom. The summed E-state index contributed by atoms with van der Waals surface area (Å²) in [5.74, 6) is 0. The molecule has 7 nitrogen and oxygen atoms in total. The number of halogens is 2. The highest BCUT2D eigenvalue weighted by molar-refractivity contribution is 7.84. The number of aromatic nitrogens is 4. The Hall–Kier alpha value is -2.98. The van der Waals surface area contributed by atoms with Crippen molar-refractivity contribution in [2.45, 2.75) is 11.4 Å². The standard InChI is InChI=1S/C18H17F2N5O2S/c1-28(27)16-7-5-12(6-8-16)13-3-2-4-15(9-13)25-18(26)24(22-23-25)11-14(10-21)17(19)20/h2-9H,10-11,21H2,1H3. The molecule has 0 aliphatic carbocycles. The lowest BCUT2D eigenvalue weighted by Crippen LogP contribution is -2.26. The van der Waals surface area contributed by atoms with E-state index in [1.54, 1.807) is 36.6 Å². The van der Waals surface area contributed by atoms with E-state index in [0.29, 0.717) is 10.6 Å². The van der Waals surface area contributed by atoms with Crippen molar-refractivity contribution < 1.29 is 13.0 Å². The molecule has 0 fully saturated rings. The Labute approximate surface area is 161 Å². The first kappa shape index (κ1) is 19.8. The summed E-state index contributed by atoms with van der Waals surface area (Å²) >= 11 is 0. The van der Waals surface area contributed by atoms with Crippen LogP contribution in [-0.4, -0.2) is 36.8 Å². The van der Waals surface area contributed by atoms with Gasteiger partial charge in [0.05, 0.1) is 12.2 Å². The predicted octanol–water partition coefficient (Wildman–Crippen LogP) is 1.94. The Morgan fingerprint density at radius 1 is 1.11 bits per heavy atom. The topological polar surface area (TPSA) is 95.8 Å². The van der Waals surface area contributed by atoms with Gasteiger partial charge in [-0.1, -0.05) is 24.3 Å². The molecule has 0 radical (unpaired) electrons. The van der Waals surface area contributed by atoms with Gasteiger partial charge in [-0.15, -0.1) is 0 Å². The van der Waals surface area contributed by atoms with Crippen LogP contribution < -0.4 is 11.4 Å². The summed E-state index contributed by atoms with van der Waals surface area (Å²) < 4.78 is 38.9. The minimum Gasteiger partial charge on any atom is -0.327 e. The van der Waals surface area contributed by atoms with E-state index in [0.717, 1.165) is 20.5 Å². The molecule has 0 amide bonds. The second-order valence-corrected chi connectivity index (χ2v) is 7.31. The van der Waals surface area contributed by atoms with Crippen LogP contribution in [0.25, 0.3) is 16.8 Å². The van der Waals surface area contributed by atoms with E-state index >= 15 is 0 Å². The summed E-state index contributed by atoms with van der Waals surface area (Å²) in [6.07, 6.45) is -0.326. The molecule has 1 unspecified atom stereocenters. The van der Waals surface area contributed by atoms with E-state index in [4.69, 9.17) is 5.73 Å². The van der Waals surface area contributed by atoms with Crippen LogP contribution in [0.4, 0.5) is 8.78 Å². The SMILES string of the molecule is CS(=O)c1ccc(-c2cccc(-n3nnn(CC(CN)=C(F)F)c3=O)c2)cc1. The molecule has 0 aliphatic heterocycles. The lowest BCUT2D eigenvalue weighted by Gasteiger charge is -2.05. The third-order valence-corrected chi connectivity index (χ3v) is 5.04. The molecule has 146 valence electrons. The highest BCUT2D eigenvalue weighted by atomic mass is 32.2. The predicted molar refractivity (Wildman–Crippen MR) is 102 cm³/mol. The van der Waals surface area contributed by atoms with Crippen LogP contribution in [0.15, 0.2) is 69.9 Å². The Morgan fingerprint density at radius 2 is 1.82 bits per heavy atom. The van der Waals surface area contributed by atoms with E-state index < -0.39 is 29.1 Å². The molecular formula is C18H17F2N5O2S. The largest absolute Gasteiger partial charge is 0.368 e. The zero-order valence-corrected chi connectivity index (χ0v) is 15.7. The fraction of sp³-hybridized carbons (Fsp3) is 0.167. The van der Waals surface area contributed by atoms with Gasteiger partial charge < -0.3 is 5.73 Å². The lowest BCUT2D eigenvalue weighted by atomic mass is 10.1. The summed E-state index contributed by atoms with van der Waals surface area (Å²) in [4.78, 5) is 13.2. The molecule has 0 bridgehead atoms. The van der Waals surface area contributed by atoms with Crippen molar-refractivity contribution >= 4 is 10.8 Å². The van der Waals surface area contributed by atoms with Gasteiger partial charge in [-0.25, -0.2) is 4.79 Å². The summed E-state index contributed by atoms with van der Waals surface area (Å²) in [6.45, 7) is -0.803. The third-order valence-electron chi connectivity index (χ3n) is 4.10. The normalized spacial score (nSPS) is 12.0. The smallest absolute Gasteiger partial charge is 0.327 e. The number of tetrazole rings is 1. The number of nitrogens with zero attached hydrogens (tertiary/aromatic N) is 4. The highest BCUT2D eigenvalue weighted by Crippen LogP contribution is 2.22. The van der Waals surface area contributed by atoms with Gasteiger partial charge in [0, 0.05) is 34.1 Å². The number of hydrogen-bond acceptors (Lipinski definition) is 5. The zero-order valence-electron chi connectivity index (χ0n) is 14.9. The van der Waals surface area contributed by atoms with Crippen molar-refractivity contribution in [2.24, 2.45) is 5.73 Å². The van der Waals surface area contributed by atoms with E-state index in [-0.39, 0.29) is 12.1 Å². The summed E-state index contributed by atoms with van der Waals surface area (Å²) in [5.41, 5.74) is 6.36. The second kappa shape index (κ2) is 8.36. The minimum atomic E-state index is -1.93. The molecule has 3 rings (SSSR count). The molecule has 0 saturated heterocycles. The van der Waals surface area contributed by atoms with Crippen LogP contribution in [0.2, 0.25) is 0 Å². The first-order valence-corrected chi connectivity index (χ1v) is 9.76. The summed E-state index contributed by atoms with van der Waals surface area (Å²) in [5, 5.41) is 7.43. The van der Waals surface area contributed by atoms with Gasteiger partial charge in [0.1, 0.15) is 0 Å². The molecule has 1 heterocycles. The Kier molecular flexibility index (Phi) is 5.90. The van der Waals surface area contributed by atoms with Crippen LogP contribution in [0.3, 0.4) is 0 Å². The van der Waals surface area contributed by atoms with Gasteiger partial charge in [-0.3, -0.25) is 4.21 Å². The number of rotatable bonds is 6. The maximum Gasteiger partial charge on any atom is 0.368 e. The molecule has 2 N–H and O–H groups in total. The first-order chi connectivity index (χ1) is 13.4. The van der Waals surface area contributed by atoms with Gasteiger partial charge in [0.15, 0.2) is 0 Å².